The zero-order chi connectivity index (χ0) is 19.3. The summed E-state index contributed by atoms with van der Waals surface area (Å²) in [5, 5.41) is 6.32. The Bertz CT molecular complexity index is 940. The molecule has 2 amide bonds. The number of thiophene rings is 1. The predicted molar refractivity (Wildman–Crippen MR) is 113 cm³/mol. The van der Waals surface area contributed by atoms with Crippen LogP contribution in [0.4, 0.5) is 0 Å². The zero-order valence-electron chi connectivity index (χ0n) is 15.8. The highest BCUT2D eigenvalue weighted by Crippen LogP contribution is 2.20. The summed E-state index contributed by atoms with van der Waals surface area (Å²) in [5.74, 6) is 0.224. The largest absolute Gasteiger partial charge is 0.361 e. The molecule has 0 aliphatic carbocycles. The molecule has 1 aliphatic rings. The summed E-state index contributed by atoms with van der Waals surface area (Å²) in [7, 11) is 0. The van der Waals surface area contributed by atoms with Gasteiger partial charge >= 0.3 is 0 Å². The molecule has 0 bridgehead atoms. The number of benzene rings is 1. The molecule has 0 radical (unpaired) electrons. The van der Waals surface area contributed by atoms with Crippen molar-refractivity contribution in [1.82, 2.24) is 15.2 Å². The van der Waals surface area contributed by atoms with E-state index in [-0.39, 0.29) is 17.9 Å². The number of fused-ring (bicyclic) bond motifs is 1. The average molecular weight is 396 g/mol. The number of aromatic nitrogens is 1. The number of piperidine rings is 1. The van der Waals surface area contributed by atoms with Gasteiger partial charge < -0.3 is 15.2 Å². The zero-order valence-corrected chi connectivity index (χ0v) is 16.6. The van der Waals surface area contributed by atoms with Gasteiger partial charge in [0.1, 0.15) is 0 Å². The van der Waals surface area contributed by atoms with E-state index in [1.54, 1.807) is 0 Å². The molecule has 2 N–H and O–H groups in total. The summed E-state index contributed by atoms with van der Waals surface area (Å²) in [6.45, 7) is 1.41. The summed E-state index contributed by atoms with van der Waals surface area (Å²) in [6.07, 6.45) is 5.96. The predicted octanol–water partition coefficient (Wildman–Crippen LogP) is 3.97. The fourth-order valence-corrected chi connectivity index (χ4v) is 4.55. The van der Waals surface area contributed by atoms with Crippen LogP contribution in [0.1, 0.15) is 40.9 Å². The van der Waals surface area contributed by atoms with Crippen molar-refractivity contribution in [3.63, 3.8) is 0 Å². The van der Waals surface area contributed by atoms with Crippen LogP contribution in [-0.4, -0.2) is 40.8 Å². The van der Waals surface area contributed by atoms with Crippen molar-refractivity contribution in [2.45, 2.75) is 38.1 Å². The molecule has 2 aromatic heterocycles. The van der Waals surface area contributed by atoms with Crippen LogP contribution in [0.2, 0.25) is 0 Å². The van der Waals surface area contributed by atoms with E-state index < -0.39 is 0 Å². The van der Waals surface area contributed by atoms with E-state index in [9.17, 15) is 9.59 Å². The number of nitrogens with zero attached hydrogens (tertiary/aromatic N) is 1. The molecule has 3 heterocycles. The minimum absolute atomic E-state index is 0.110. The first-order valence-corrected chi connectivity index (χ1v) is 10.8. The Kier molecular flexibility index (Phi) is 5.76. The number of rotatable bonds is 6. The topological polar surface area (TPSA) is 65.2 Å². The first kappa shape index (κ1) is 18.7. The van der Waals surface area contributed by atoms with E-state index in [1.807, 2.05) is 40.7 Å². The second-order valence-corrected chi connectivity index (χ2v) is 8.27. The molecule has 1 aromatic carbocycles. The van der Waals surface area contributed by atoms with E-state index in [4.69, 9.17) is 0 Å². The van der Waals surface area contributed by atoms with Crippen molar-refractivity contribution < 1.29 is 9.59 Å². The fraction of sp³-hybridized carbons (Fsp3) is 0.364. The van der Waals surface area contributed by atoms with Gasteiger partial charge in [0.15, 0.2) is 0 Å². The number of amides is 2. The summed E-state index contributed by atoms with van der Waals surface area (Å²) in [6, 6.07) is 12.2. The number of aryl methyl sites for hydroxylation is 1. The van der Waals surface area contributed by atoms with Crippen LogP contribution in [0.25, 0.3) is 10.9 Å². The Balaban J connectivity index is 1.19. The van der Waals surface area contributed by atoms with Crippen LogP contribution in [0.3, 0.4) is 0 Å². The van der Waals surface area contributed by atoms with E-state index in [0.717, 1.165) is 36.1 Å². The van der Waals surface area contributed by atoms with Gasteiger partial charge in [-0.05, 0) is 48.8 Å². The lowest BCUT2D eigenvalue weighted by molar-refractivity contribution is -0.122. The molecule has 0 atom stereocenters. The van der Waals surface area contributed by atoms with Gasteiger partial charge in [0, 0.05) is 42.7 Å². The van der Waals surface area contributed by atoms with Gasteiger partial charge in [-0.25, -0.2) is 0 Å². The molecule has 1 saturated heterocycles. The molecular weight excluding hydrogens is 370 g/mol. The minimum Gasteiger partial charge on any atom is -0.361 e. The highest BCUT2D eigenvalue weighted by molar-refractivity contribution is 7.12. The highest BCUT2D eigenvalue weighted by Gasteiger charge is 2.24. The molecule has 1 fully saturated rings. The third kappa shape index (κ3) is 4.28. The Hall–Kier alpha value is -2.60. The number of hydrogen-bond donors (Lipinski definition) is 2. The van der Waals surface area contributed by atoms with Gasteiger partial charge in [0.25, 0.3) is 5.91 Å². The fourth-order valence-electron chi connectivity index (χ4n) is 3.86. The van der Waals surface area contributed by atoms with Crippen molar-refractivity contribution >= 4 is 34.1 Å². The van der Waals surface area contributed by atoms with E-state index in [0.29, 0.717) is 19.5 Å². The Morgan fingerprint density at radius 1 is 1.14 bits per heavy atom. The average Bonchev–Trinajstić information content (AvgIpc) is 3.39. The molecule has 3 aromatic rings. The lowest BCUT2D eigenvalue weighted by Gasteiger charge is -2.32. The minimum atomic E-state index is 0.110. The maximum Gasteiger partial charge on any atom is 0.263 e. The van der Waals surface area contributed by atoms with E-state index in [1.165, 1.54) is 22.3 Å². The molecule has 1 aliphatic heterocycles. The molecule has 0 saturated carbocycles. The summed E-state index contributed by atoms with van der Waals surface area (Å²) >= 11 is 1.48. The lowest BCUT2D eigenvalue weighted by Crippen LogP contribution is -2.46. The molecular formula is C22H25N3O2S. The van der Waals surface area contributed by atoms with Crippen LogP contribution < -0.4 is 5.32 Å². The Morgan fingerprint density at radius 3 is 2.75 bits per heavy atom. The normalized spacial score (nSPS) is 15.1. The summed E-state index contributed by atoms with van der Waals surface area (Å²) < 4.78 is 0. The van der Waals surface area contributed by atoms with Crippen molar-refractivity contribution in [3.05, 3.63) is 58.4 Å². The Labute approximate surface area is 168 Å². The summed E-state index contributed by atoms with van der Waals surface area (Å²) in [5.41, 5.74) is 2.41. The third-order valence-corrected chi connectivity index (χ3v) is 6.26. The molecule has 5 nitrogen and oxygen atoms in total. The second kappa shape index (κ2) is 8.61. The highest BCUT2D eigenvalue weighted by atomic mass is 32.1. The van der Waals surface area contributed by atoms with E-state index >= 15 is 0 Å². The number of carbonyl (C=O) groups excluding carboxylic acids is 2. The van der Waals surface area contributed by atoms with Gasteiger partial charge in [-0.3, -0.25) is 9.59 Å². The van der Waals surface area contributed by atoms with Gasteiger partial charge in [-0.15, -0.1) is 11.3 Å². The Morgan fingerprint density at radius 2 is 1.96 bits per heavy atom. The molecule has 146 valence electrons. The monoisotopic (exact) mass is 395 g/mol. The molecule has 6 heteroatoms. The van der Waals surface area contributed by atoms with Crippen LogP contribution in [-0.2, 0) is 11.2 Å². The van der Waals surface area contributed by atoms with Crippen molar-refractivity contribution in [3.8, 4) is 0 Å². The number of para-hydroxylation sites is 1. The standard InChI is InChI=1S/C22H25N3O2S/c26-21(9-3-5-16-15-23-19-7-2-1-6-18(16)19)24-17-10-12-25(13-11-17)22(27)20-8-4-14-28-20/h1-2,4,6-8,14-15,17,23H,3,5,9-13H2,(H,24,26). The summed E-state index contributed by atoms with van der Waals surface area (Å²) in [4.78, 5) is 30.7. The number of aromatic amines is 1. The molecule has 0 spiro atoms. The smallest absolute Gasteiger partial charge is 0.263 e. The van der Waals surface area contributed by atoms with Gasteiger partial charge in [0.05, 0.1) is 4.88 Å². The maximum absolute atomic E-state index is 12.4. The SMILES string of the molecule is O=C(CCCc1c[nH]c2ccccc12)NC1CCN(C(=O)c2cccs2)CC1. The van der Waals surface area contributed by atoms with Gasteiger partial charge in [-0.2, -0.15) is 0 Å². The van der Waals surface area contributed by atoms with Gasteiger partial charge in [-0.1, -0.05) is 24.3 Å². The van der Waals surface area contributed by atoms with Gasteiger partial charge in [0.2, 0.25) is 5.91 Å². The number of hydrogen-bond acceptors (Lipinski definition) is 3. The van der Waals surface area contributed by atoms with Crippen molar-refractivity contribution in [1.29, 1.82) is 0 Å². The number of nitrogens with one attached hydrogen (secondary N) is 2. The first-order valence-electron chi connectivity index (χ1n) is 9.88. The maximum atomic E-state index is 12.4. The number of H-pyrrole nitrogens is 1. The van der Waals surface area contributed by atoms with Crippen LogP contribution in [0.15, 0.2) is 48.0 Å². The quantitative estimate of drug-likeness (QED) is 0.663. The first-order chi connectivity index (χ1) is 13.7. The lowest BCUT2D eigenvalue weighted by atomic mass is 10.0. The van der Waals surface area contributed by atoms with Crippen molar-refractivity contribution in [2.24, 2.45) is 0 Å². The molecule has 28 heavy (non-hydrogen) atoms. The third-order valence-electron chi connectivity index (χ3n) is 5.40. The number of carbonyl (C=O) groups is 2. The van der Waals surface area contributed by atoms with Crippen LogP contribution >= 0.6 is 11.3 Å². The van der Waals surface area contributed by atoms with Crippen molar-refractivity contribution in [2.75, 3.05) is 13.1 Å². The number of likely N-dealkylation sites (tertiary alicyclic amines) is 1. The molecule has 4 rings (SSSR count). The van der Waals surface area contributed by atoms with Crippen LogP contribution in [0, 0.1) is 0 Å². The van der Waals surface area contributed by atoms with E-state index in [2.05, 4.69) is 22.4 Å². The second-order valence-electron chi connectivity index (χ2n) is 7.32. The molecule has 0 unspecified atom stereocenters. The van der Waals surface area contributed by atoms with Crippen LogP contribution in [0.5, 0.6) is 0 Å².